The van der Waals surface area contributed by atoms with E-state index in [1.54, 1.807) is 6.07 Å². The quantitative estimate of drug-likeness (QED) is 0.855. The lowest BCUT2D eigenvalue weighted by molar-refractivity contribution is 0.365. The Morgan fingerprint density at radius 3 is 2.62 bits per heavy atom. The summed E-state index contributed by atoms with van der Waals surface area (Å²) in [5.41, 5.74) is 1.16. The number of likely N-dealkylation sites (N-methyl/N-ethyl adjacent to an activating group) is 1. The second kappa shape index (κ2) is 5.24. The molecule has 3 aliphatic rings. The maximum Gasteiger partial charge on any atom is 0.141 e. The van der Waals surface area contributed by atoms with Crippen molar-refractivity contribution in [3.63, 3.8) is 0 Å². The molecule has 21 heavy (non-hydrogen) atoms. The fraction of sp³-hybridized carbons (Fsp3) is 0.667. The van der Waals surface area contributed by atoms with Crippen molar-refractivity contribution in [1.82, 2.24) is 5.32 Å². The monoisotopic (exact) mass is 307 g/mol. The lowest BCUT2D eigenvalue weighted by Gasteiger charge is -2.21. The highest BCUT2D eigenvalue weighted by atomic mass is 35.5. The number of hydrogen-bond donors (Lipinski definition) is 1. The lowest BCUT2D eigenvalue weighted by Crippen LogP contribution is -2.35. The third-order valence-electron chi connectivity index (χ3n) is 6.17. The smallest absolute Gasteiger partial charge is 0.141 e. The van der Waals surface area contributed by atoms with E-state index >= 15 is 0 Å². The van der Waals surface area contributed by atoms with Crippen molar-refractivity contribution in [2.24, 2.45) is 29.6 Å². The van der Waals surface area contributed by atoms with Gasteiger partial charge < -0.3 is 5.32 Å². The van der Waals surface area contributed by atoms with Crippen LogP contribution >= 0.6 is 11.6 Å². The van der Waals surface area contributed by atoms with Gasteiger partial charge in [0.1, 0.15) is 5.82 Å². The number of benzene rings is 1. The molecule has 0 spiro atoms. The summed E-state index contributed by atoms with van der Waals surface area (Å²) in [4.78, 5) is 0. The first-order chi connectivity index (χ1) is 10.2. The molecule has 1 nitrogen and oxygen atoms in total. The molecule has 1 aromatic rings. The molecule has 5 atom stereocenters. The molecule has 3 aliphatic carbocycles. The molecule has 1 N–H and O–H groups in total. The minimum Gasteiger partial charge on any atom is -0.314 e. The van der Waals surface area contributed by atoms with Gasteiger partial charge in [-0.1, -0.05) is 24.6 Å². The predicted octanol–water partition coefficient (Wildman–Crippen LogP) is 4.29. The Hall–Kier alpha value is -0.600. The van der Waals surface area contributed by atoms with Gasteiger partial charge in [0.05, 0.1) is 5.02 Å². The SMILES string of the molecule is CCNC(Cc1ccc(F)c(Cl)c1)C1C2C3CCC(C3)C21. The summed E-state index contributed by atoms with van der Waals surface area (Å²) in [5, 5.41) is 3.94. The molecule has 0 radical (unpaired) electrons. The molecule has 3 fully saturated rings. The van der Waals surface area contributed by atoms with Crippen molar-refractivity contribution < 1.29 is 4.39 Å². The zero-order chi connectivity index (χ0) is 14.6. The highest BCUT2D eigenvalue weighted by Gasteiger charge is 2.66. The van der Waals surface area contributed by atoms with E-state index < -0.39 is 0 Å². The summed E-state index contributed by atoms with van der Waals surface area (Å²) in [6, 6.07) is 5.72. The van der Waals surface area contributed by atoms with Crippen molar-refractivity contribution >= 4 is 11.6 Å². The van der Waals surface area contributed by atoms with Crippen LogP contribution in [0.5, 0.6) is 0 Å². The third-order valence-corrected chi connectivity index (χ3v) is 6.46. The highest BCUT2D eigenvalue weighted by molar-refractivity contribution is 6.30. The first kappa shape index (κ1) is 14.0. The maximum absolute atomic E-state index is 13.3. The van der Waals surface area contributed by atoms with Crippen molar-refractivity contribution in [3.05, 3.63) is 34.6 Å². The van der Waals surface area contributed by atoms with Gasteiger partial charge in [0.25, 0.3) is 0 Å². The van der Waals surface area contributed by atoms with E-state index in [4.69, 9.17) is 11.6 Å². The molecule has 0 heterocycles. The topological polar surface area (TPSA) is 12.0 Å². The number of nitrogens with one attached hydrogen (secondary N) is 1. The van der Waals surface area contributed by atoms with Crippen LogP contribution in [0.2, 0.25) is 5.02 Å². The highest BCUT2D eigenvalue weighted by Crippen LogP contribution is 2.70. The number of rotatable bonds is 5. The fourth-order valence-corrected chi connectivity index (χ4v) is 5.66. The maximum atomic E-state index is 13.3. The van der Waals surface area contributed by atoms with E-state index in [9.17, 15) is 4.39 Å². The van der Waals surface area contributed by atoms with Gasteiger partial charge in [0.15, 0.2) is 0 Å². The van der Waals surface area contributed by atoms with Gasteiger partial charge in [0, 0.05) is 6.04 Å². The Morgan fingerprint density at radius 2 is 2.00 bits per heavy atom. The zero-order valence-electron chi connectivity index (χ0n) is 12.5. The van der Waals surface area contributed by atoms with Crippen LogP contribution in [-0.4, -0.2) is 12.6 Å². The lowest BCUT2D eigenvalue weighted by atomic mass is 9.93. The Labute approximate surface area is 131 Å². The zero-order valence-corrected chi connectivity index (χ0v) is 13.2. The molecule has 0 saturated heterocycles. The van der Waals surface area contributed by atoms with Gasteiger partial charge in [0.2, 0.25) is 0 Å². The Bertz CT molecular complexity index is 530. The van der Waals surface area contributed by atoms with Crippen LogP contribution < -0.4 is 5.32 Å². The standard InChI is InChI=1S/C18H23ClFN/c1-2-21-15(8-10-3-6-14(20)13(19)7-10)18-16-11-4-5-12(9-11)17(16)18/h3,6-7,11-12,15-18,21H,2,4-5,8-9H2,1H3. The van der Waals surface area contributed by atoms with Gasteiger partial charge in [-0.15, -0.1) is 0 Å². The normalized spacial score (nSPS) is 37.6. The van der Waals surface area contributed by atoms with Crippen LogP contribution in [0, 0.1) is 35.4 Å². The molecular weight excluding hydrogens is 285 g/mol. The number of halogens is 2. The van der Waals surface area contributed by atoms with Crippen LogP contribution in [0.1, 0.15) is 31.7 Å². The van der Waals surface area contributed by atoms with Crippen LogP contribution in [-0.2, 0) is 6.42 Å². The molecule has 114 valence electrons. The molecular formula is C18H23ClFN. The molecule has 0 aromatic heterocycles. The minimum absolute atomic E-state index is 0.249. The van der Waals surface area contributed by atoms with Crippen molar-refractivity contribution in [3.8, 4) is 0 Å². The van der Waals surface area contributed by atoms with Gasteiger partial charge >= 0.3 is 0 Å². The van der Waals surface area contributed by atoms with Gasteiger partial charge in [-0.25, -0.2) is 4.39 Å². The minimum atomic E-state index is -0.318. The van der Waals surface area contributed by atoms with E-state index in [2.05, 4.69) is 12.2 Å². The molecule has 4 rings (SSSR count). The fourth-order valence-electron chi connectivity index (χ4n) is 5.46. The Kier molecular flexibility index (Phi) is 3.50. The molecule has 0 aliphatic heterocycles. The molecule has 5 unspecified atom stereocenters. The second-order valence-corrected chi connectivity index (χ2v) is 7.59. The summed E-state index contributed by atoms with van der Waals surface area (Å²) < 4.78 is 13.3. The molecule has 0 amide bonds. The summed E-state index contributed by atoms with van der Waals surface area (Å²) >= 11 is 5.93. The average Bonchev–Trinajstić information content (AvgIpc) is 2.89. The van der Waals surface area contributed by atoms with Crippen molar-refractivity contribution in [2.45, 2.75) is 38.6 Å². The molecule has 1 aromatic carbocycles. The second-order valence-electron chi connectivity index (χ2n) is 7.18. The van der Waals surface area contributed by atoms with Crippen LogP contribution in [0.3, 0.4) is 0 Å². The van der Waals surface area contributed by atoms with E-state index in [1.165, 1.54) is 25.3 Å². The van der Waals surface area contributed by atoms with Gasteiger partial charge in [-0.05, 0) is 79.5 Å². The van der Waals surface area contributed by atoms with Crippen LogP contribution in [0.4, 0.5) is 4.39 Å². The molecule has 2 bridgehead atoms. The van der Waals surface area contributed by atoms with E-state index in [-0.39, 0.29) is 10.8 Å². The first-order valence-corrected chi connectivity index (χ1v) is 8.74. The first-order valence-electron chi connectivity index (χ1n) is 8.36. The molecule has 3 heteroatoms. The number of hydrogen-bond acceptors (Lipinski definition) is 1. The van der Waals surface area contributed by atoms with E-state index in [1.807, 2.05) is 6.07 Å². The Balaban J connectivity index is 1.49. The van der Waals surface area contributed by atoms with Gasteiger partial charge in [-0.2, -0.15) is 0 Å². The number of fused-ring (bicyclic) bond motifs is 5. The largest absolute Gasteiger partial charge is 0.314 e. The summed E-state index contributed by atoms with van der Waals surface area (Å²) in [6.45, 7) is 3.18. The third kappa shape index (κ3) is 2.31. The molecule has 3 saturated carbocycles. The summed E-state index contributed by atoms with van der Waals surface area (Å²) in [7, 11) is 0. The van der Waals surface area contributed by atoms with Crippen molar-refractivity contribution in [2.75, 3.05) is 6.54 Å². The van der Waals surface area contributed by atoms with E-state index in [0.29, 0.717) is 6.04 Å². The van der Waals surface area contributed by atoms with Crippen molar-refractivity contribution in [1.29, 1.82) is 0 Å². The Morgan fingerprint density at radius 1 is 1.29 bits per heavy atom. The van der Waals surface area contributed by atoms with Crippen LogP contribution in [0.15, 0.2) is 18.2 Å². The predicted molar refractivity (Wildman–Crippen MR) is 83.9 cm³/mol. The van der Waals surface area contributed by atoms with Gasteiger partial charge in [-0.3, -0.25) is 0 Å². The van der Waals surface area contributed by atoms with Crippen LogP contribution in [0.25, 0.3) is 0 Å². The van der Waals surface area contributed by atoms with E-state index in [0.717, 1.165) is 48.1 Å². The average molecular weight is 308 g/mol. The summed E-state index contributed by atoms with van der Waals surface area (Å²) in [6.07, 6.45) is 5.39. The summed E-state index contributed by atoms with van der Waals surface area (Å²) in [5.74, 6) is 4.49.